The normalized spacial score (nSPS) is 15.9. The van der Waals surface area contributed by atoms with Crippen molar-refractivity contribution in [3.8, 4) is 0 Å². The first-order chi connectivity index (χ1) is 15.0. The van der Waals surface area contributed by atoms with Crippen molar-refractivity contribution in [2.24, 2.45) is 0 Å². The van der Waals surface area contributed by atoms with Crippen molar-refractivity contribution < 1.29 is 4.39 Å². The lowest BCUT2D eigenvalue weighted by atomic mass is 10.1. The quantitative estimate of drug-likeness (QED) is 0.454. The van der Waals surface area contributed by atoms with Crippen molar-refractivity contribution in [3.05, 3.63) is 65.9 Å². The van der Waals surface area contributed by atoms with E-state index in [1.165, 1.54) is 17.5 Å². The van der Waals surface area contributed by atoms with Gasteiger partial charge in [0.15, 0.2) is 5.82 Å². The van der Waals surface area contributed by atoms with E-state index in [4.69, 9.17) is 0 Å². The van der Waals surface area contributed by atoms with Gasteiger partial charge in [0, 0.05) is 37.2 Å². The van der Waals surface area contributed by atoms with Crippen LogP contribution in [0, 0.1) is 19.7 Å². The fourth-order valence-electron chi connectivity index (χ4n) is 3.70. The Morgan fingerprint density at radius 1 is 1.13 bits per heavy atom. The van der Waals surface area contributed by atoms with E-state index in [-0.39, 0.29) is 5.82 Å². The number of rotatable bonds is 7. The first-order valence-electron chi connectivity index (χ1n) is 10.3. The van der Waals surface area contributed by atoms with Crippen LogP contribution in [-0.4, -0.2) is 36.1 Å². The Morgan fingerprint density at radius 3 is 2.74 bits per heavy atom. The van der Waals surface area contributed by atoms with E-state index in [9.17, 15) is 4.39 Å². The van der Waals surface area contributed by atoms with E-state index < -0.39 is 0 Å². The molecule has 1 aromatic heterocycles. The maximum absolute atomic E-state index is 14.8. The van der Waals surface area contributed by atoms with Crippen LogP contribution < -0.4 is 20.3 Å². The Morgan fingerprint density at radius 2 is 2.00 bits per heavy atom. The molecule has 162 valence electrons. The Kier molecular flexibility index (Phi) is 6.58. The van der Waals surface area contributed by atoms with Crippen LogP contribution >= 0.6 is 11.9 Å². The summed E-state index contributed by atoms with van der Waals surface area (Å²) in [5.41, 5.74) is 5.07. The van der Waals surface area contributed by atoms with Crippen LogP contribution in [0.4, 0.5) is 27.3 Å². The van der Waals surface area contributed by atoms with Gasteiger partial charge in [-0.05, 0) is 74.7 Å². The fraction of sp³-hybridized carbons (Fsp3) is 0.304. The molecule has 1 saturated heterocycles. The number of aromatic nitrogens is 2. The number of halogens is 1. The predicted molar refractivity (Wildman–Crippen MR) is 127 cm³/mol. The molecular weight excluding hydrogens is 411 g/mol. The molecule has 31 heavy (non-hydrogen) atoms. The van der Waals surface area contributed by atoms with Gasteiger partial charge in [0.1, 0.15) is 5.82 Å². The Bertz CT molecular complexity index is 1050. The zero-order valence-corrected chi connectivity index (χ0v) is 18.8. The Hall–Kier alpha value is -2.84. The van der Waals surface area contributed by atoms with E-state index in [1.807, 2.05) is 20.0 Å². The van der Waals surface area contributed by atoms with Crippen LogP contribution in [0.25, 0.3) is 0 Å². The fourth-order valence-corrected chi connectivity index (χ4v) is 4.41. The van der Waals surface area contributed by atoms with Crippen molar-refractivity contribution >= 4 is 34.8 Å². The number of nitrogens with one attached hydrogen (secondary N) is 3. The number of aryl methyl sites for hydroxylation is 2. The van der Waals surface area contributed by atoms with Crippen molar-refractivity contribution in [1.29, 1.82) is 0 Å². The number of hydrogen-bond acceptors (Lipinski definition) is 7. The highest BCUT2D eigenvalue weighted by Crippen LogP contribution is 2.35. The third kappa shape index (κ3) is 5.08. The average Bonchev–Trinajstić information content (AvgIpc) is 3.26. The molecule has 1 aliphatic rings. The van der Waals surface area contributed by atoms with Crippen LogP contribution in [0.5, 0.6) is 0 Å². The first kappa shape index (κ1) is 21.4. The molecule has 0 bridgehead atoms. The van der Waals surface area contributed by atoms with E-state index in [2.05, 4.69) is 55.3 Å². The molecule has 0 saturated carbocycles. The molecule has 0 radical (unpaired) electrons. The van der Waals surface area contributed by atoms with Crippen molar-refractivity contribution in [3.63, 3.8) is 0 Å². The summed E-state index contributed by atoms with van der Waals surface area (Å²) >= 11 is 1.19. The summed E-state index contributed by atoms with van der Waals surface area (Å²) in [7, 11) is 2.01. The van der Waals surface area contributed by atoms with E-state index in [0.717, 1.165) is 42.1 Å². The smallest absolute Gasteiger partial charge is 0.154 e. The van der Waals surface area contributed by atoms with Gasteiger partial charge in [-0.15, -0.1) is 0 Å². The van der Waals surface area contributed by atoms with Gasteiger partial charge < -0.3 is 20.3 Å². The van der Waals surface area contributed by atoms with E-state index in [0.29, 0.717) is 16.8 Å². The highest BCUT2D eigenvalue weighted by molar-refractivity contribution is 8.00. The standard InChI is InChI=1S/C23H27FN6S/c1-15-4-5-19(21(10-15)30-9-6-17(14-30)25-3)28-20-12-18(24)22(11-16(20)2)31-29-23-13-26-7-8-27-23/h4-5,7-8,10-13,17,25,28H,6,9,14H2,1-3H3,(H,27,29). The topological polar surface area (TPSA) is 65.1 Å². The largest absolute Gasteiger partial charge is 0.368 e. The van der Waals surface area contributed by atoms with Gasteiger partial charge in [-0.25, -0.2) is 9.37 Å². The zero-order chi connectivity index (χ0) is 21.8. The average molecular weight is 439 g/mol. The van der Waals surface area contributed by atoms with Gasteiger partial charge in [0.2, 0.25) is 0 Å². The molecule has 3 aromatic rings. The SMILES string of the molecule is CNC1CCN(c2cc(C)ccc2Nc2cc(F)c(SNc3cnccn3)cc2C)C1. The van der Waals surface area contributed by atoms with Crippen molar-refractivity contribution in [1.82, 2.24) is 15.3 Å². The summed E-state index contributed by atoms with van der Waals surface area (Å²) in [6.45, 7) is 6.04. The summed E-state index contributed by atoms with van der Waals surface area (Å²) in [5.74, 6) is 0.293. The lowest BCUT2D eigenvalue weighted by Gasteiger charge is -2.24. The second kappa shape index (κ2) is 9.53. The highest BCUT2D eigenvalue weighted by atomic mass is 32.2. The molecule has 2 aromatic carbocycles. The second-order valence-corrected chi connectivity index (χ2v) is 8.61. The molecule has 1 atom stereocenters. The number of anilines is 4. The number of likely N-dealkylation sites (N-methyl/N-ethyl adjacent to an activating group) is 1. The van der Waals surface area contributed by atoms with Crippen LogP contribution in [0.15, 0.2) is 53.8 Å². The van der Waals surface area contributed by atoms with Gasteiger partial charge in [-0.2, -0.15) is 0 Å². The number of benzene rings is 2. The molecule has 8 heteroatoms. The van der Waals surface area contributed by atoms with Crippen LogP contribution in [0.2, 0.25) is 0 Å². The zero-order valence-electron chi connectivity index (χ0n) is 17.9. The van der Waals surface area contributed by atoms with Crippen molar-refractivity contribution in [2.75, 3.05) is 35.1 Å². The maximum Gasteiger partial charge on any atom is 0.154 e. The highest BCUT2D eigenvalue weighted by Gasteiger charge is 2.23. The van der Waals surface area contributed by atoms with Crippen LogP contribution in [0.3, 0.4) is 0 Å². The summed E-state index contributed by atoms with van der Waals surface area (Å²) in [6.07, 6.45) is 5.91. The van der Waals surface area contributed by atoms with E-state index in [1.54, 1.807) is 24.7 Å². The molecule has 1 unspecified atom stereocenters. The minimum absolute atomic E-state index is 0.292. The van der Waals surface area contributed by atoms with Crippen molar-refractivity contribution in [2.45, 2.75) is 31.2 Å². The monoisotopic (exact) mass is 438 g/mol. The molecule has 4 rings (SSSR count). The summed E-state index contributed by atoms with van der Waals surface area (Å²) in [4.78, 5) is 11.0. The van der Waals surface area contributed by atoms with Gasteiger partial charge in [0.05, 0.1) is 22.5 Å². The maximum atomic E-state index is 14.8. The third-order valence-corrected chi connectivity index (χ3v) is 6.31. The number of nitrogens with zero attached hydrogens (tertiary/aromatic N) is 3. The Labute approximate surface area is 186 Å². The number of hydrogen-bond donors (Lipinski definition) is 3. The minimum Gasteiger partial charge on any atom is -0.368 e. The predicted octanol–water partition coefficient (Wildman–Crippen LogP) is 4.89. The van der Waals surface area contributed by atoms with Gasteiger partial charge >= 0.3 is 0 Å². The lowest BCUT2D eigenvalue weighted by Crippen LogP contribution is -2.29. The van der Waals surface area contributed by atoms with Gasteiger partial charge in [-0.3, -0.25) is 4.98 Å². The Balaban J connectivity index is 1.54. The molecular formula is C23H27FN6S. The van der Waals surface area contributed by atoms with Crippen LogP contribution in [0.1, 0.15) is 17.5 Å². The van der Waals surface area contributed by atoms with Crippen LogP contribution in [-0.2, 0) is 0 Å². The van der Waals surface area contributed by atoms with Gasteiger partial charge in [-0.1, -0.05) is 6.07 Å². The molecule has 1 fully saturated rings. The summed E-state index contributed by atoms with van der Waals surface area (Å²) in [5, 5.41) is 6.83. The van der Waals surface area contributed by atoms with Gasteiger partial charge in [0.25, 0.3) is 0 Å². The molecule has 0 spiro atoms. The molecule has 6 nitrogen and oxygen atoms in total. The molecule has 1 aliphatic heterocycles. The molecule has 0 aliphatic carbocycles. The van der Waals surface area contributed by atoms with E-state index >= 15 is 0 Å². The third-order valence-electron chi connectivity index (χ3n) is 5.47. The minimum atomic E-state index is -0.292. The molecule has 3 N–H and O–H groups in total. The summed E-state index contributed by atoms with van der Waals surface area (Å²) in [6, 6.07) is 10.2. The first-order valence-corrected chi connectivity index (χ1v) is 11.1. The molecule has 0 amide bonds. The molecule has 2 heterocycles. The second-order valence-electron chi connectivity index (χ2n) is 7.76. The lowest BCUT2D eigenvalue weighted by molar-refractivity contribution is 0.602. The summed E-state index contributed by atoms with van der Waals surface area (Å²) < 4.78 is 17.9.